The van der Waals surface area contributed by atoms with Crippen LogP contribution in [-0.4, -0.2) is 24.8 Å². The molecule has 2 N–H and O–H groups in total. The van der Waals surface area contributed by atoms with Gasteiger partial charge >= 0.3 is 0 Å². The summed E-state index contributed by atoms with van der Waals surface area (Å²) in [4.78, 5) is 16.5. The Morgan fingerprint density at radius 2 is 1.85 bits per heavy atom. The minimum absolute atomic E-state index is 0.0547. The predicted molar refractivity (Wildman–Crippen MR) is 107 cm³/mol. The van der Waals surface area contributed by atoms with Gasteiger partial charge in [0.1, 0.15) is 16.6 Å². The van der Waals surface area contributed by atoms with E-state index >= 15 is 0 Å². The van der Waals surface area contributed by atoms with Gasteiger partial charge in [0.15, 0.2) is 5.82 Å². The largest absolute Gasteiger partial charge is 0.309 e. The number of fused-ring (bicyclic) bond motifs is 1. The Bertz CT molecular complexity index is 1040. The minimum Gasteiger partial charge on any atom is -0.309 e. The van der Waals surface area contributed by atoms with E-state index in [9.17, 15) is 9.00 Å². The lowest BCUT2D eigenvalue weighted by Gasteiger charge is -2.08. The number of carbonyl (C=O) groups is 1. The molecule has 2 fully saturated rings. The van der Waals surface area contributed by atoms with Crippen molar-refractivity contribution in [1.29, 1.82) is 0 Å². The molecule has 1 atom stereocenters. The second-order valence-corrected chi connectivity index (χ2v) is 8.67. The quantitative estimate of drug-likeness (QED) is 0.686. The number of rotatable bonds is 6. The third-order valence-electron chi connectivity index (χ3n) is 4.92. The summed E-state index contributed by atoms with van der Waals surface area (Å²) < 4.78 is 17.0. The van der Waals surface area contributed by atoms with Crippen molar-refractivity contribution in [3.8, 4) is 11.3 Å². The number of nitrogens with one attached hydrogen (secondary N) is 2. The van der Waals surface area contributed by atoms with Gasteiger partial charge in [-0.15, -0.1) is 0 Å². The molecule has 1 unspecified atom stereocenters. The number of pyridine rings is 1. The molecule has 6 nitrogen and oxygen atoms in total. The van der Waals surface area contributed by atoms with Crippen molar-refractivity contribution < 1.29 is 9.00 Å². The van der Waals surface area contributed by atoms with Crippen LogP contribution in [0.3, 0.4) is 0 Å². The van der Waals surface area contributed by atoms with Gasteiger partial charge in [0.25, 0.3) is 0 Å². The molecule has 5 rings (SSSR count). The number of imidazole rings is 1. The molecule has 2 heterocycles. The van der Waals surface area contributed by atoms with Crippen molar-refractivity contribution in [2.45, 2.75) is 30.9 Å². The van der Waals surface area contributed by atoms with E-state index in [0.29, 0.717) is 11.1 Å². The summed E-state index contributed by atoms with van der Waals surface area (Å²) in [5.74, 6) is 0.784. The first-order valence-electron chi connectivity index (χ1n) is 9.24. The van der Waals surface area contributed by atoms with E-state index in [-0.39, 0.29) is 11.8 Å². The van der Waals surface area contributed by atoms with Gasteiger partial charge in [0.2, 0.25) is 5.91 Å². The summed E-state index contributed by atoms with van der Waals surface area (Å²) in [6, 6.07) is 13.8. The molecule has 2 aliphatic rings. The fraction of sp³-hybridized carbons (Fsp3) is 0.300. The van der Waals surface area contributed by atoms with Crippen LogP contribution in [0, 0.1) is 5.92 Å². The highest BCUT2D eigenvalue weighted by Gasteiger charge is 2.30. The monoisotopic (exact) mass is 380 g/mol. The molecule has 0 bridgehead atoms. The van der Waals surface area contributed by atoms with Crippen molar-refractivity contribution in [1.82, 2.24) is 9.38 Å². The van der Waals surface area contributed by atoms with Crippen molar-refractivity contribution in [2.24, 2.45) is 5.92 Å². The molecule has 2 saturated carbocycles. The van der Waals surface area contributed by atoms with Crippen LogP contribution in [-0.2, 0) is 15.8 Å². The normalized spacial score (nSPS) is 17.6. The van der Waals surface area contributed by atoms with E-state index in [1.807, 2.05) is 53.1 Å². The third-order valence-corrected chi connectivity index (χ3v) is 6.43. The summed E-state index contributed by atoms with van der Waals surface area (Å²) in [6.07, 6.45) is 5.88. The van der Waals surface area contributed by atoms with Gasteiger partial charge in [0, 0.05) is 11.6 Å². The van der Waals surface area contributed by atoms with E-state index in [1.165, 1.54) is 0 Å². The van der Waals surface area contributed by atoms with Gasteiger partial charge in [-0.25, -0.2) is 9.19 Å². The molecule has 7 heteroatoms. The number of carbonyl (C=O) groups excluding carboxylic acids is 1. The molecule has 0 aliphatic heterocycles. The second kappa shape index (κ2) is 6.49. The average Bonchev–Trinajstić information content (AvgIpc) is 3.57. The maximum atomic E-state index is 12.0. The SMILES string of the molecule is O=C(Nc1cn2c(-c3ccc(NS(=O)C4CC4)cc3)cccc2n1)C1CC1. The fourth-order valence-corrected chi connectivity index (χ4v) is 4.17. The van der Waals surface area contributed by atoms with Crippen LogP contribution < -0.4 is 10.0 Å². The average molecular weight is 380 g/mol. The third kappa shape index (κ3) is 3.47. The number of anilines is 2. The summed E-state index contributed by atoms with van der Waals surface area (Å²) >= 11 is 0. The molecule has 2 aliphatic carbocycles. The number of aromatic nitrogens is 2. The van der Waals surface area contributed by atoms with Gasteiger partial charge in [-0.05, 0) is 55.5 Å². The van der Waals surface area contributed by atoms with Crippen molar-refractivity contribution in [2.75, 3.05) is 10.0 Å². The molecule has 27 heavy (non-hydrogen) atoms. The molecule has 2 aromatic heterocycles. The predicted octanol–water partition coefficient (Wildman–Crippen LogP) is 3.59. The number of benzene rings is 1. The van der Waals surface area contributed by atoms with Gasteiger partial charge in [-0.2, -0.15) is 0 Å². The number of hydrogen-bond donors (Lipinski definition) is 2. The van der Waals surface area contributed by atoms with E-state index in [1.54, 1.807) is 0 Å². The number of hydrogen-bond acceptors (Lipinski definition) is 3. The van der Waals surface area contributed by atoms with Crippen LogP contribution in [0.15, 0.2) is 48.7 Å². The minimum atomic E-state index is -0.992. The zero-order valence-electron chi connectivity index (χ0n) is 14.7. The lowest BCUT2D eigenvalue weighted by molar-refractivity contribution is -0.117. The van der Waals surface area contributed by atoms with Crippen molar-refractivity contribution in [3.63, 3.8) is 0 Å². The first kappa shape index (κ1) is 16.5. The Morgan fingerprint density at radius 1 is 1.07 bits per heavy atom. The Kier molecular flexibility index (Phi) is 3.97. The van der Waals surface area contributed by atoms with Gasteiger partial charge in [-0.3, -0.25) is 9.20 Å². The topological polar surface area (TPSA) is 75.5 Å². The maximum Gasteiger partial charge on any atom is 0.228 e. The van der Waals surface area contributed by atoms with E-state index in [0.717, 1.165) is 48.3 Å². The van der Waals surface area contributed by atoms with Crippen molar-refractivity contribution in [3.05, 3.63) is 48.7 Å². The number of amides is 1. The highest BCUT2D eigenvalue weighted by atomic mass is 32.2. The van der Waals surface area contributed by atoms with Crippen LogP contribution in [0.2, 0.25) is 0 Å². The van der Waals surface area contributed by atoms with E-state index in [4.69, 9.17) is 0 Å². The highest BCUT2D eigenvalue weighted by Crippen LogP contribution is 2.31. The van der Waals surface area contributed by atoms with Gasteiger partial charge in [0.05, 0.1) is 17.1 Å². The Hall–Kier alpha value is -2.67. The standard InChI is InChI=1S/C20H20N4O2S/c25-20(14-4-5-14)22-18-12-24-17(2-1-3-19(24)21-18)13-6-8-15(9-7-13)23-27(26)16-10-11-16/h1-3,6-9,12,14,16,23H,4-5,10-11H2,(H,22,25). The molecule has 1 aromatic carbocycles. The molecule has 1 amide bonds. The lowest BCUT2D eigenvalue weighted by Crippen LogP contribution is -2.13. The van der Waals surface area contributed by atoms with Crippen LogP contribution >= 0.6 is 0 Å². The smallest absolute Gasteiger partial charge is 0.228 e. The molecule has 0 spiro atoms. The Morgan fingerprint density at radius 3 is 2.56 bits per heavy atom. The summed E-state index contributed by atoms with van der Waals surface area (Å²) in [5.41, 5.74) is 3.66. The zero-order chi connectivity index (χ0) is 18.4. The molecule has 0 radical (unpaired) electrons. The maximum absolute atomic E-state index is 12.0. The molecule has 138 valence electrons. The highest BCUT2D eigenvalue weighted by molar-refractivity contribution is 7.87. The molecular weight excluding hydrogens is 360 g/mol. The Labute approximate surface area is 159 Å². The summed E-state index contributed by atoms with van der Waals surface area (Å²) in [5, 5.41) is 3.20. The molecule has 3 aromatic rings. The van der Waals surface area contributed by atoms with E-state index in [2.05, 4.69) is 15.0 Å². The lowest BCUT2D eigenvalue weighted by atomic mass is 10.1. The summed E-state index contributed by atoms with van der Waals surface area (Å²) in [6.45, 7) is 0. The first-order valence-corrected chi connectivity index (χ1v) is 10.5. The zero-order valence-corrected chi connectivity index (χ0v) is 15.5. The van der Waals surface area contributed by atoms with Gasteiger partial charge < -0.3 is 10.0 Å². The Balaban J connectivity index is 1.40. The van der Waals surface area contributed by atoms with E-state index < -0.39 is 11.0 Å². The van der Waals surface area contributed by atoms with Crippen LogP contribution in [0.25, 0.3) is 16.9 Å². The van der Waals surface area contributed by atoms with Crippen molar-refractivity contribution >= 4 is 34.0 Å². The molecular formula is C20H20N4O2S. The van der Waals surface area contributed by atoms with Crippen LogP contribution in [0.4, 0.5) is 11.5 Å². The van der Waals surface area contributed by atoms with Crippen LogP contribution in [0.5, 0.6) is 0 Å². The number of nitrogens with zero attached hydrogens (tertiary/aromatic N) is 2. The second-order valence-electron chi connectivity index (χ2n) is 7.21. The first-order chi connectivity index (χ1) is 13.2. The van der Waals surface area contributed by atoms with Gasteiger partial charge in [-0.1, -0.05) is 18.2 Å². The fourth-order valence-electron chi connectivity index (χ4n) is 3.07. The summed E-state index contributed by atoms with van der Waals surface area (Å²) in [7, 11) is -0.992. The van der Waals surface area contributed by atoms with Crippen LogP contribution in [0.1, 0.15) is 25.7 Å². The molecule has 0 saturated heterocycles.